The molecule has 0 atom stereocenters. The second kappa shape index (κ2) is 5.59. The minimum Gasteiger partial charge on any atom is -0.318 e. The maximum atomic E-state index is 12.6. The molecule has 0 heterocycles. The van der Waals surface area contributed by atoms with E-state index in [0.717, 1.165) is 12.8 Å². The Labute approximate surface area is 83.9 Å². The van der Waals surface area contributed by atoms with Crippen LogP contribution in [0.1, 0.15) is 52.4 Å². The van der Waals surface area contributed by atoms with Crippen LogP contribution in [0.3, 0.4) is 0 Å². The third-order valence-corrected chi connectivity index (χ3v) is 2.52. The van der Waals surface area contributed by atoms with Crippen LogP contribution in [-0.2, 0) is 0 Å². The molecule has 14 heavy (non-hydrogen) atoms. The van der Waals surface area contributed by atoms with Crippen molar-refractivity contribution in [1.82, 2.24) is 0 Å². The molecule has 4 heteroatoms. The van der Waals surface area contributed by atoms with Gasteiger partial charge in [-0.25, -0.2) is 0 Å². The van der Waals surface area contributed by atoms with E-state index < -0.39 is 11.7 Å². The third-order valence-electron chi connectivity index (χ3n) is 2.52. The molecule has 0 radical (unpaired) electrons. The molecule has 0 amide bonds. The van der Waals surface area contributed by atoms with Crippen LogP contribution in [0.15, 0.2) is 0 Å². The van der Waals surface area contributed by atoms with Crippen LogP contribution < -0.4 is 5.73 Å². The van der Waals surface area contributed by atoms with Gasteiger partial charge in [-0.15, -0.1) is 0 Å². The molecule has 1 nitrogen and oxygen atoms in total. The van der Waals surface area contributed by atoms with Crippen molar-refractivity contribution in [1.29, 1.82) is 0 Å². The highest BCUT2D eigenvalue weighted by Crippen LogP contribution is 2.36. The largest absolute Gasteiger partial charge is 0.406 e. The first-order valence-corrected chi connectivity index (χ1v) is 5.23. The molecular weight excluding hydrogens is 191 g/mol. The smallest absolute Gasteiger partial charge is 0.318 e. The molecule has 0 saturated heterocycles. The number of unbranched alkanes of at least 4 members (excludes halogenated alkanes) is 2. The van der Waals surface area contributed by atoms with Crippen LogP contribution >= 0.6 is 0 Å². The second-order valence-corrected chi connectivity index (χ2v) is 3.86. The number of hydrogen-bond acceptors (Lipinski definition) is 1. The molecule has 0 unspecified atom stereocenters. The van der Waals surface area contributed by atoms with E-state index in [2.05, 4.69) is 0 Å². The Hall–Kier alpha value is -0.250. The van der Waals surface area contributed by atoms with Crippen LogP contribution in [0.5, 0.6) is 0 Å². The van der Waals surface area contributed by atoms with Crippen molar-refractivity contribution in [2.24, 2.45) is 5.73 Å². The normalized spacial score (nSPS) is 13.3. The van der Waals surface area contributed by atoms with Gasteiger partial charge in [-0.3, -0.25) is 0 Å². The maximum absolute atomic E-state index is 12.6. The van der Waals surface area contributed by atoms with Gasteiger partial charge in [-0.2, -0.15) is 13.2 Å². The lowest BCUT2D eigenvalue weighted by Crippen LogP contribution is -2.53. The zero-order chi connectivity index (χ0) is 11.2. The van der Waals surface area contributed by atoms with Crippen molar-refractivity contribution in [2.45, 2.75) is 64.1 Å². The molecule has 0 aromatic heterocycles. The van der Waals surface area contributed by atoms with Crippen LogP contribution in [0.2, 0.25) is 0 Å². The quantitative estimate of drug-likeness (QED) is 0.713. The first-order chi connectivity index (χ1) is 6.37. The minimum absolute atomic E-state index is 0.0486. The summed E-state index contributed by atoms with van der Waals surface area (Å²) in [7, 11) is 0. The summed E-state index contributed by atoms with van der Waals surface area (Å²) in [6, 6.07) is 0. The zero-order valence-corrected chi connectivity index (χ0v) is 8.95. The minimum atomic E-state index is -4.27. The summed E-state index contributed by atoms with van der Waals surface area (Å²) in [6.45, 7) is 3.74. The maximum Gasteiger partial charge on any atom is 0.406 e. The summed E-state index contributed by atoms with van der Waals surface area (Å²) in [5, 5.41) is 0. The van der Waals surface area contributed by atoms with Gasteiger partial charge >= 0.3 is 6.18 Å². The summed E-state index contributed by atoms with van der Waals surface area (Å²) in [4.78, 5) is 0. The lowest BCUT2D eigenvalue weighted by Gasteiger charge is -2.31. The van der Waals surface area contributed by atoms with Gasteiger partial charge in [-0.1, -0.05) is 39.5 Å². The SMILES string of the molecule is CCCCC(N)(CCCC)C(F)(F)F. The molecule has 0 aliphatic carbocycles. The van der Waals surface area contributed by atoms with Gasteiger partial charge in [0, 0.05) is 0 Å². The van der Waals surface area contributed by atoms with Crippen molar-refractivity contribution in [3.05, 3.63) is 0 Å². The molecular formula is C10H20F3N. The fourth-order valence-corrected chi connectivity index (χ4v) is 1.39. The average molecular weight is 211 g/mol. The van der Waals surface area contributed by atoms with E-state index in [1.165, 1.54) is 0 Å². The van der Waals surface area contributed by atoms with E-state index in [0.29, 0.717) is 12.8 Å². The average Bonchev–Trinajstić information content (AvgIpc) is 2.09. The number of halogens is 3. The number of alkyl halides is 3. The van der Waals surface area contributed by atoms with Gasteiger partial charge in [0.15, 0.2) is 0 Å². The van der Waals surface area contributed by atoms with Gasteiger partial charge in [0.05, 0.1) is 0 Å². The number of rotatable bonds is 6. The van der Waals surface area contributed by atoms with Gasteiger partial charge in [-0.05, 0) is 12.8 Å². The standard InChI is InChI=1S/C10H20F3N/c1-3-5-7-9(14,8-6-4-2)10(11,12)13/h3-8,14H2,1-2H3. The molecule has 0 aliphatic heterocycles. The van der Waals surface area contributed by atoms with Crippen molar-refractivity contribution in [2.75, 3.05) is 0 Å². The van der Waals surface area contributed by atoms with Gasteiger partial charge < -0.3 is 5.73 Å². The predicted octanol–water partition coefficient (Wildman–Crippen LogP) is 3.63. The molecule has 0 aromatic rings. The lowest BCUT2D eigenvalue weighted by atomic mass is 9.87. The number of hydrogen-bond donors (Lipinski definition) is 1. The molecule has 0 aliphatic rings. The Morgan fingerprint density at radius 3 is 1.50 bits per heavy atom. The lowest BCUT2D eigenvalue weighted by molar-refractivity contribution is -0.190. The first-order valence-electron chi connectivity index (χ1n) is 5.23. The van der Waals surface area contributed by atoms with Crippen LogP contribution in [0.4, 0.5) is 13.2 Å². The highest BCUT2D eigenvalue weighted by atomic mass is 19.4. The highest BCUT2D eigenvalue weighted by molar-refractivity contribution is 4.91. The second-order valence-electron chi connectivity index (χ2n) is 3.86. The summed E-state index contributed by atoms with van der Waals surface area (Å²) in [5.74, 6) is 0. The van der Waals surface area contributed by atoms with E-state index >= 15 is 0 Å². The zero-order valence-electron chi connectivity index (χ0n) is 8.95. The molecule has 0 rings (SSSR count). The topological polar surface area (TPSA) is 26.0 Å². The summed E-state index contributed by atoms with van der Waals surface area (Å²) < 4.78 is 37.9. The summed E-state index contributed by atoms with van der Waals surface area (Å²) >= 11 is 0. The molecule has 0 saturated carbocycles. The van der Waals surface area contributed by atoms with Gasteiger partial charge in [0.1, 0.15) is 5.54 Å². The fourth-order valence-electron chi connectivity index (χ4n) is 1.39. The molecule has 86 valence electrons. The Morgan fingerprint density at radius 1 is 0.929 bits per heavy atom. The first kappa shape index (κ1) is 13.8. The van der Waals surface area contributed by atoms with E-state index in [4.69, 9.17) is 5.73 Å². The number of nitrogens with two attached hydrogens (primary N) is 1. The predicted molar refractivity (Wildman–Crippen MR) is 52.0 cm³/mol. The Morgan fingerprint density at radius 2 is 1.29 bits per heavy atom. The molecule has 0 bridgehead atoms. The van der Waals surface area contributed by atoms with Crippen molar-refractivity contribution in [3.8, 4) is 0 Å². The van der Waals surface area contributed by atoms with Crippen molar-refractivity contribution < 1.29 is 13.2 Å². The Bertz CT molecular complexity index is 146. The Balaban J connectivity index is 4.33. The van der Waals surface area contributed by atoms with Gasteiger partial charge in [0.25, 0.3) is 0 Å². The van der Waals surface area contributed by atoms with E-state index in [-0.39, 0.29) is 12.8 Å². The van der Waals surface area contributed by atoms with E-state index in [1.807, 2.05) is 13.8 Å². The van der Waals surface area contributed by atoms with E-state index in [9.17, 15) is 13.2 Å². The fraction of sp³-hybridized carbons (Fsp3) is 1.00. The third kappa shape index (κ3) is 3.86. The monoisotopic (exact) mass is 211 g/mol. The van der Waals surface area contributed by atoms with E-state index in [1.54, 1.807) is 0 Å². The molecule has 0 aromatic carbocycles. The van der Waals surface area contributed by atoms with Crippen molar-refractivity contribution >= 4 is 0 Å². The Kier molecular flexibility index (Phi) is 5.49. The van der Waals surface area contributed by atoms with Crippen LogP contribution in [0.25, 0.3) is 0 Å². The molecule has 0 fully saturated rings. The van der Waals surface area contributed by atoms with Crippen molar-refractivity contribution in [3.63, 3.8) is 0 Å². The van der Waals surface area contributed by atoms with Crippen LogP contribution in [-0.4, -0.2) is 11.7 Å². The van der Waals surface area contributed by atoms with Crippen LogP contribution in [0, 0.1) is 0 Å². The summed E-state index contributed by atoms with van der Waals surface area (Å²) in [6.07, 6.45) is -1.58. The summed E-state index contributed by atoms with van der Waals surface area (Å²) in [5.41, 5.74) is 3.46. The molecule has 2 N–H and O–H groups in total. The molecule has 0 spiro atoms. The highest BCUT2D eigenvalue weighted by Gasteiger charge is 2.50. The van der Waals surface area contributed by atoms with Gasteiger partial charge in [0.2, 0.25) is 0 Å².